The summed E-state index contributed by atoms with van der Waals surface area (Å²) in [6, 6.07) is 10.9. The van der Waals surface area contributed by atoms with Crippen LogP contribution in [0.3, 0.4) is 0 Å². The summed E-state index contributed by atoms with van der Waals surface area (Å²) in [5, 5.41) is 9.18. The Labute approximate surface area is 198 Å². The summed E-state index contributed by atoms with van der Waals surface area (Å²) in [5.41, 5.74) is 9.39. The fourth-order valence-electron chi connectivity index (χ4n) is 3.50. The molecule has 0 saturated heterocycles. The number of aliphatic imine (C=N–C) groups is 1. The minimum Gasteiger partial charge on any atom is -0.488 e. The summed E-state index contributed by atoms with van der Waals surface area (Å²) < 4.78 is 46.9. The molecule has 0 fully saturated rings. The van der Waals surface area contributed by atoms with Crippen molar-refractivity contribution in [3.63, 3.8) is 0 Å². The van der Waals surface area contributed by atoms with E-state index in [4.69, 9.17) is 10.5 Å². The Bertz CT molecular complexity index is 1110. The van der Waals surface area contributed by atoms with Gasteiger partial charge in [-0.3, -0.25) is 4.99 Å². The molecule has 2 aromatic carbocycles. The van der Waals surface area contributed by atoms with Crippen LogP contribution < -0.4 is 10.5 Å². The Hall–Kier alpha value is -3.16. The quantitative estimate of drug-likeness (QED) is 0.432. The number of ether oxygens (including phenoxy) is 1. The number of nitrogens with zero attached hydrogens (tertiary/aromatic N) is 1. The normalized spacial score (nSPS) is 15.4. The third kappa shape index (κ3) is 6.46. The third-order valence-electron chi connectivity index (χ3n) is 5.56. The average Bonchev–Trinajstić information content (AvgIpc) is 3.32. The first-order chi connectivity index (χ1) is 16.2. The minimum atomic E-state index is -4.58. The van der Waals surface area contributed by atoms with Gasteiger partial charge in [-0.2, -0.15) is 13.2 Å². The predicted molar refractivity (Wildman–Crippen MR) is 130 cm³/mol. The zero-order valence-corrected chi connectivity index (χ0v) is 19.3. The van der Waals surface area contributed by atoms with E-state index in [1.54, 1.807) is 6.07 Å². The van der Waals surface area contributed by atoms with Gasteiger partial charge in [0.1, 0.15) is 12.4 Å². The van der Waals surface area contributed by atoms with Crippen LogP contribution in [0.4, 0.5) is 13.2 Å². The molecule has 3 N–H and O–H groups in total. The molecule has 1 aliphatic rings. The lowest BCUT2D eigenvalue weighted by Crippen LogP contribution is -2.33. The molecule has 0 aromatic heterocycles. The number of hydrogen-bond donors (Lipinski definition) is 2. The second kappa shape index (κ2) is 11.3. The van der Waals surface area contributed by atoms with Crippen molar-refractivity contribution in [2.24, 2.45) is 10.7 Å². The Kier molecular flexibility index (Phi) is 8.47. The maximum Gasteiger partial charge on any atom is 0.419 e. The van der Waals surface area contributed by atoms with Crippen LogP contribution in [0, 0.1) is 0 Å². The zero-order chi connectivity index (χ0) is 24.7. The summed E-state index contributed by atoms with van der Waals surface area (Å²) in [5.74, 6) is -0.229. The third-order valence-corrected chi connectivity index (χ3v) is 5.56. The molecule has 34 heavy (non-hydrogen) atoms. The van der Waals surface area contributed by atoms with Crippen LogP contribution >= 0.6 is 0 Å². The fraction of sp³-hybridized carbons (Fsp3) is 0.296. The maximum atomic E-state index is 13.8. The number of alkyl halides is 3. The lowest BCUT2D eigenvalue weighted by atomic mass is 9.98. The van der Waals surface area contributed by atoms with Crippen molar-refractivity contribution in [2.75, 3.05) is 6.61 Å². The zero-order valence-electron chi connectivity index (χ0n) is 19.3. The lowest BCUT2D eigenvalue weighted by molar-refractivity contribution is -0.139. The molecule has 0 spiro atoms. The number of hydrogen-bond acceptors (Lipinski definition) is 4. The van der Waals surface area contributed by atoms with E-state index in [-0.39, 0.29) is 19.0 Å². The Balaban J connectivity index is 1.73. The molecule has 180 valence electrons. The van der Waals surface area contributed by atoms with Gasteiger partial charge in [0.05, 0.1) is 18.2 Å². The number of benzene rings is 2. The summed E-state index contributed by atoms with van der Waals surface area (Å²) in [6.45, 7) is 3.82. The first-order valence-corrected chi connectivity index (χ1v) is 11.1. The van der Waals surface area contributed by atoms with Crippen molar-refractivity contribution in [1.29, 1.82) is 0 Å². The first kappa shape index (κ1) is 25.5. The number of aliphatic hydroxyl groups is 1. The molecule has 3 rings (SSSR count). The van der Waals surface area contributed by atoms with Crippen LogP contribution in [0.2, 0.25) is 0 Å². The van der Waals surface area contributed by atoms with E-state index >= 15 is 0 Å². The molecule has 4 nitrogen and oxygen atoms in total. The van der Waals surface area contributed by atoms with Gasteiger partial charge >= 0.3 is 6.18 Å². The SMILES string of the molecule is CC/C=C\C=C(/C)c1ccc(COc2ccc(C3=CN=C(C(N)CO)C3)cc2C(F)(F)F)cc1. The number of allylic oxidation sites excluding steroid dienone is 5. The van der Waals surface area contributed by atoms with Gasteiger partial charge < -0.3 is 15.6 Å². The van der Waals surface area contributed by atoms with Crippen LogP contribution in [-0.4, -0.2) is 23.5 Å². The van der Waals surface area contributed by atoms with Gasteiger partial charge in [-0.1, -0.05) is 55.5 Å². The highest BCUT2D eigenvalue weighted by atomic mass is 19.4. The summed E-state index contributed by atoms with van der Waals surface area (Å²) in [6.07, 6.45) is 4.28. The van der Waals surface area contributed by atoms with Gasteiger partial charge in [0, 0.05) is 18.3 Å². The highest BCUT2D eigenvalue weighted by Crippen LogP contribution is 2.39. The fourth-order valence-corrected chi connectivity index (χ4v) is 3.50. The molecular weight excluding hydrogens is 441 g/mol. The van der Waals surface area contributed by atoms with Crippen molar-refractivity contribution in [1.82, 2.24) is 0 Å². The summed E-state index contributed by atoms with van der Waals surface area (Å²) >= 11 is 0. The average molecular weight is 471 g/mol. The molecule has 1 aliphatic heterocycles. The van der Waals surface area contributed by atoms with Crippen LogP contribution in [0.15, 0.2) is 71.9 Å². The Morgan fingerprint density at radius 2 is 1.94 bits per heavy atom. The number of halogens is 3. The van der Waals surface area contributed by atoms with Crippen molar-refractivity contribution < 1.29 is 23.0 Å². The Morgan fingerprint density at radius 1 is 1.21 bits per heavy atom. The molecule has 1 heterocycles. The van der Waals surface area contributed by atoms with E-state index in [9.17, 15) is 18.3 Å². The van der Waals surface area contributed by atoms with Gasteiger partial charge in [0.25, 0.3) is 0 Å². The van der Waals surface area contributed by atoms with E-state index in [1.807, 2.05) is 43.3 Å². The topological polar surface area (TPSA) is 67.8 Å². The van der Waals surface area contributed by atoms with E-state index in [0.717, 1.165) is 29.2 Å². The molecular formula is C27H29F3N2O2. The van der Waals surface area contributed by atoms with E-state index < -0.39 is 17.8 Å². The predicted octanol–water partition coefficient (Wildman–Crippen LogP) is 6.16. The van der Waals surface area contributed by atoms with Crippen molar-refractivity contribution in [3.05, 3.63) is 89.1 Å². The molecule has 0 bridgehead atoms. The van der Waals surface area contributed by atoms with E-state index in [1.165, 1.54) is 12.3 Å². The number of rotatable bonds is 9. The monoisotopic (exact) mass is 470 g/mol. The molecule has 0 amide bonds. The largest absolute Gasteiger partial charge is 0.488 e. The van der Waals surface area contributed by atoms with Crippen molar-refractivity contribution in [2.45, 2.75) is 45.5 Å². The summed E-state index contributed by atoms with van der Waals surface area (Å²) in [4.78, 5) is 4.14. The second-order valence-corrected chi connectivity index (χ2v) is 8.12. The molecule has 0 saturated carbocycles. The molecule has 1 unspecified atom stereocenters. The van der Waals surface area contributed by atoms with E-state index in [0.29, 0.717) is 23.3 Å². The minimum absolute atomic E-state index is 0.0164. The van der Waals surface area contributed by atoms with Gasteiger partial charge in [-0.25, -0.2) is 0 Å². The van der Waals surface area contributed by atoms with Crippen LogP contribution in [0.1, 0.15) is 48.9 Å². The van der Waals surface area contributed by atoms with Gasteiger partial charge in [-0.15, -0.1) is 0 Å². The number of aliphatic hydroxyl groups excluding tert-OH is 1. The summed E-state index contributed by atoms with van der Waals surface area (Å²) in [7, 11) is 0. The molecule has 1 atom stereocenters. The van der Waals surface area contributed by atoms with Crippen LogP contribution in [-0.2, 0) is 12.8 Å². The van der Waals surface area contributed by atoms with Gasteiger partial charge in [0.2, 0.25) is 0 Å². The highest BCUT2D eigenvalue weighted by Gasteiger charge is 2.35. The van der Waals surface area contributed by atoms with Crippen molar-refractivity contribution in [3.8, 4) is 5.75 Å². The highest BCUT2D eigenvalue weighted by molar-refractivity contribution is 6.01. The standard InChI is InChI=1S/C27H29F3N2O2/c1-3-4-5-6-18(2)20-9-7-19(8-10-20)17-34-26-12-11-21(13-23(26)27(28,29)30)22-14-25(32-15-22)24(31)16-33/h4-13,15,24,33H,3,14,16-17,31H2,1-2H3/b5-4-,18-6+. The van der Waals surface area contributed by atoms with E-state index in [2.05, 4.69) is 18.0 Å². The maximum absolute atomic E-state index is 13.8. The molecule has 7 heteroatoms. The van der Waals surface area contributed by atoms with Crippen LogP contribution in [0.5, 0.6) is 5.75 Å². The molecule has 2 aromatic rings. The second-order valence-electron chi connectivity index (χ2n) is 8.12. The van der Waals surface area contributed by atoms with Crippen molar-refractivity contribution >= 4 is 16.9 Å². The smallest absolute Gasteiger partial charge is 0.419 e. The van der Waals surface area contributed by atoms with Gasteiger partial charge in [0.15, 0.2) is 0 Å². The lowest BCUT2D eigenvalue weighted by Gasteiger charge is -2.16. The Morgan fingerprint density at radius 3 is 2.59 bits per heavy atom. The number of nitrogens with two attached hydrogens (primary N) is 1. The molecule has 0 radical (unpaired) electrons. The first-order valence-electron chi connectivity index (χ1n) is 11.1. The van der Waals surface area contributed by atoms with Gasteiger partial charge in [-0.05, 0) is 53.3 Å². The molecule has 0 aliphatic carbocycles. The van der Waals surface area contributed by atoms with Crippen LogP contribution in [0.25, 0.3) is 11.1 Å².